The van der Waals surface area contributed by atoms with E-state index in [1.165, 1.54) is 66.4 Å². The predicted molar refractivity (Wildman–Crippen MR) is 255 cm³/mol. The maximum atomic E-state index is 5.35. The Kier molecular flexibility index (Phi) is 26.4. The molecule has 1 unspecified atom stereocenters. The topological polar surface area (TPSA) is 27.6 Å². The van der Waals surface area contributed by atoms with Gasteiger partial charge in [-0.05, 0) is 129 Å². The minimum atomic E-state index is -0.0966. The van der Waals surface area contributed by atoms with E-state index in [0.29, 0.717) is 6.04 Å². The summed E-state index contributed by atoms with van der Waals surface area (Å²) in [5, 5.41) is 3.20. The molecule has 3 heteroatoms. The van der Waals surface area contributed by atoms with Gasteiger partial charge in [0.2, 0.25) is 0 Å². The van der Waals surface area contributed by atoms with Crippen LogP contribution in [-0.2, 0) is 6.42 Å². The quantitative estimate of drug-likeness (QED) is 0.163. The first kappa shape index (κ1) is 52.1. The van der Waals surface area contributed by atoms with Gasteiger partial charge in [-0.25, -0.2) is 0 Å². The molecule has 0 spiro atoms. The lowest BCUT2D eigenvalue weighted by Crippen LogP contribution is -2.58. The fraction of sp³-hybridized carbons (Fsp3) is 0.491. The van der Waals surface area contributed by atoms with Gasteiger partial charge in [0.1, 0.15) is 0 Å². The normalized spacial score (nSPS) is 20.9. The summed E-state index contributed by atoms with van der Waals surface area (Å²) in [4.78, 5) is 7.78. The first-order chi connectivity index (χ1) is 26.8. The largest absolute Gasteiger partial charge is 0.389 e. The Bertz CT molecular complexity index is 1570. The molecule has 0 amide bonds. The van der Waals surface area contributed by atoms with E-state index in [2.05, 4.69) is 192 Å². The summed E-state index contributed by atoms with van der Waals surface area (Å²) in [5.74, 6) is 0. The van der Waals surface area contributed by atoms with Crippen LogP contribution in [0.5, 0.6) is 0 Å². The van der Waals surface area contributed by atoms with Gasteiger partial charge in [-0.2, -0.15) is 0 Å². The van der Waals surface area contributed by atoms with Crippen LogP contribution in [0.4, 0.5) is 0 Å². The molecule has 0 radical (unpaired) electrons. The van der Waals surface area contributed by atoms with Crippen molar-refractivity contribution in [3.63, 3.8) is 0 Å². The Balaban J connectivity index is 0.000000936. The minimum absolute atomic E-state index is 0.00256. The summed E-state index contributed by atoms with van der Waals surface area (Å²) in [7, 11) is 2.21. The van der Waals surface area contributed by atoms with Crippen molar-refractivity contribution >= 4 is 5.71 Å². The molecule has 2 aromatic rings. The number of allylic oxidation sites excluding steroid dienone is 8. The fourth-order valence-electron chi connectivity index (χ4n) is 7.47. The van der Waals surface area contributed by atoms with Gasteiger partial charge in [0.05, 0.1) is 11.3 Å². The molecule has 3 atom stereocenters. The Morgan fingerprint density at radius 3 is 2.05 bits per heavy atom. The van der Waals surface area contributed by atoms with E-state index in [4.69, 9.17) is 4.99 Å². The number of benzene rings is 2. The molecule has 2 aromatic carbocycles. The maximum Gasteiger partial charge on any atom is 0.0722 e. The van der Waals surface area contributed by atoms with Gasteiger partial charge in [0.25, 0.3) is 0 Å². The zero-order chi connectivity index (χ0) is 42.7. The van der Waals surface area contributed by atoms with E-state index >= 15 is 0 Å². The summed E-state index contributed by atoms with van der Waals surface area (Å²) in [6, 6.07) is 20.1. The maximum absolute atomic E-state index is 5.35. The highest BCUT2D eigenvalue weighted by Crippen LogP contribution is 2.52. The van der Waals surface area contributed by atoms with Crippen molar-refractivity contribution in [3.8, 4) is 0 Å². The summed E-state index contributed by atoms with van der Waals surface area (Å²) in [6.45, 7) is 42.4. The van der Waals surface area contributed by atoms with Crippen molar-refractivity contribution in [1.29, 1.82) is 0 Å². The van der Waals surface area contributed by atoms with Gasteiger partial charge in [-0.15, -0.1) is 13.2 Å². The molecule has 3 nitrogen and oxygen atoms in total. The van der Waals surface area contributed by atoms with Crippen LogP contribution in [0.2, 0.25) is 0 Å². The molecule has 2 aliphatic rings. The van der Waals surface area contributed by atoms with E-state index in [1.807, 2.05) is 13.8 Å². The Morgan fingerprint density at radius 2 is 1.54 bits per heavy atom. The van der Waals surface area contributed by atoms with Crippen LogP contribution in [0.1, 0.15) is 145 Å². The highest BCUT2D eigenvalue weighted by atomic mass is 15.1. The zero-order valence-corrected chi connectivity index (χ0v) is 38.5. The first-order valence-corrected chi connectivity index (χ1v) is 21.4. The number of nitrogens with zero attached hydrogens (tertiary/aromatic N) is 2. The van der Waals surface area contributed by atoms with Crippen LogP contribution in [0.15, 0.2) is 144 Å². The van der Waals surface area contributed by atoms with Crippen molar-refractivity contribution in [2.45, 2.75) is 146 Å². The van der Waals surface area contributed by atoms with E-state index in [9.17, 15) is 0 Å². The van der Waals surface area contributed by atoms with Crippen LogP contribution < -0.4 is 5.32 Å². The molecule has 1 N–H and O–H groups in total. The van der Waals surface area contributed by atoms with Gasteiger partial charge in [-0.1, -0.05) is 150 Å². The molecular formula is C53H83N3. The van der Waals surface area contributed by atoms with Crippen molar-refractivity contribution in [2.24, 2.45) is 10.4 Å². The molecule has 0 bridgehead atoms. The van der Waals surface area contributed by atoms with E-state index in [0.717, 1.165) is 37.2 Å². The molecule has 0 saturated carbocycles. The molecule has 0 aromatic heterocycles. The van der Waals surface area contributed by atoms with Crippen molar-refractivity contribution in [1.82, 2.24) is 10.2 Å². The van der Waals surface area contributed by atoms with Crippen LogP contribution in [0.25, 0.3) is 0 Å². The lowest BCUT2D eigenvalue weighted by atomic mass is 9.59. The predicted octanol–water partition coefficient (Wildman–Crippen LogP) is 14.8. The zero-order valence-electron chi connectivity index (χ0n) is 38.5. The van der Waals surface area contributed by atoms with Crippen LogP contribution >= 0.6 is 0 Å². The number of piperidine rings is 1. The number of hydrogen-bond donors (Lipinski definition) is 1. The second-order valence-corrected chi connectivity index (χ2v) is 15.3. The minimum Gasteiger partial charge on any atom is -0.389 e. The standard InChI is InChI=1S/C27H32N2.C13H23N.C9H18.C2H6.C2H4/c1-6-24-20(2)25(28-27(4)16-17-29(5)19-26(24,27)3)23-14-12-22(13-15-23)18-21-10-8-7-9-11-21;1-5-9-13(6-2)11-8-10-12(4)14-7-3;1-5-7-9(4)8(3)6-2;2*1-2/h6-15H,2,16-19H2,1,3-5H3;5-7,9,12,14H,3,8,10-11H2,1-2,4H3;5-7H2,1-4H3;1-2H3;1-2H2/b24-6+;9-5-,13-6+;9-8-;;/t26-,27-;;;;/m1..../s1. The fourth-order valence-corrected chi connectivity index (χ4v) is 7.47. The van der Waals surface area contributed by atoms with Gasteiger partial charge in [0.15, 0.2) is 0 Å². The van der Waals surface area contributed by atoms with Crippen molar-refractivity contribution in [3.05, 3.63) is 156 Å². The Hall–Kier alpha value is -3.95. The third kappa shape index (κ3) is 16.3. The Morgan fingerprint density at radius 1 is 0.929 bits per heavy atom. The molecule has 56 heavy (non-hydrogen) atoms. The molecule has 1 saturated heterocycles. The van der Waals surface area contributed by atoms with Crippen molar-refractivity contribution in [2.75, 3.05) is 20.1 Å². The number of fused-ring (bicyclic) bond motifs is 1. The van der Waals surface area contributed by atoms with Crippen LogP contribution in [0.3, 0.4) is 0 Å². The monoisotopic (exact) mass is 762 g/mol. The summed E-state index contributed by atoms with van der Waals surface area (Å²) < 4.78 is 0. The molecule has 1 fully saturated rings. The first-order valence-electron chi connectivity index (χ1n) is 21.4. The van der Waals surface area contributed by atoms with Crippen molar-refractivity contribution < 1.29 is 0 Å². The number of likely N-dealkylation sites (tertiary alicyclic amines) is 1. The summed E-state index contributed by atoms with van der Waals surface area (Å²) >= 11 is 0. The second-order valence-electron chi connectivity index (χ2n) is 15.3. The molecule has 0 aliphatic carbocycles. The molecule has 2 heterocycles. The molecule has 4 rings (SSSR count). The number of aliphatic imine (C=N–C) groups is 1. The average molecular weight is 762 g/mol. The number of hydrogen-bond acceptors (Lipinski definition) is 3. The third-order valence-electron chi connectivity index (χ3n) is 11.2. The van der Waals surface area contributed by atoms with E-state index < -0.39 is 0 Å². The van der Waals surface area contributed by atoms with Crippen LogP contribution in [0, 0.1) is 5.41 Å². The van der Waals surface area contributed by atoms with E-state index in [1.54, 1.807) is 17.3 Å². The van der Waals surface area contributed by atoms with Gasteiger partial charge < -0.3 is 10.2 Å². The smallest absolute Gasteiger partial charge is 0.0722 e. The van der Waals surface area contributed by atoms with E-state index in [-0.39, 0.29) is 11.0 Å². The molecule has 310 valence electrons. The highest BCUT2D eigenvalue weighted by Gasteiger charge is 2.53. The molecular weight excluding hydrogens is 679 g/mol. The molecule has 2 aliphatic heterocycles. The SMILES string of the molecule is C=C.C=C1C(c2ccc(Cc3ccccc3)cc2)=N[C@]2(C)CCN(C)C[C@]2(C)/C1=C/C.C=CNC(C)CCCC(/C=C\C)=C/C.CC.CCC/C(C)=C(/C)CC. The number of rotatable bonds is 13. The summed E-state index contributed by atoms with van der Waals surface area (Å²) in [5.41, 5.74) is 11.8. The Labute approximate surface area is 347 Å². The summed E-state index contributed by atoms with van der Waals surface area (Å²) in [6.07, 6.45) is 19.9. The number of nitrogens with one attached hydrogen (secondary N) is 1. The second kappa shape index (κ2) is 28.4. The van der Waals surface area contributed by atoms with Gasteiger partial charge in [-0.3, -0.25) is 4.99 Å². The third-order valence-corrected chi connectivity index (χ3v) is 11.2. The average Bonchev–Trinajstić information content (AvgIpc) is 3.21. The highest BCUT2D eigenvalue weighted by molar-refractivity contribution is 6.16. The van der Waals surface area contributed by atoms with Gasteiger partial charge in [0, 0.05) is 30.1 Å². The van der Waals surface area contributed by atoms with Crippen LogP contribution in [-0.4, -0.2) is 42.3 Å². The lowest BCUT2D eigenvalue weighted by Gasteiger charge is -2.55. The van der Waals surface area contributed by atoms with Gasteiger partial charge >= 0.3 is 0 Å². The lowest BCUT2D eigenvalue weighted by molar-refractivity contribution is 0.0721.